The summed E-state index contributed by atoms with van der Waals surface area (Å²) in [6, 6.07) is 15.6. The van der Waals surface area contributed by atoms with Gasteiger partial charge in [-0.25, -0.2) is 14.1 Å². The molecule has 0 aliphatic carbocycles. The molecule has 4 rings (SSSR count). The molecular weight excluding hydrogens is 583 g/mol. The van der Waals surface area contributed by atoms with Crippen LogP contribution in [0.1, 0.15) is 23.6 Å². The Balaban J connectivity index is 1.72. The van der Waals surface area contributed by atoms with Gasteiger partial charge in [0, 0.05) is 20.9 Å². The first-order valence-electron chi connectivity index (χ1n) is 10.6. The quantitative estimate of drug-likeness (QED) is 0.277. The molecule has 35 heavy (non-hydrogen) atoms. The van der Waals surface area contributed by atoms with E-state index in [0.717, 1.165) is 14.9 Å². The third-order valence-electron chi connectivity index (χ3n) is 5.30. The van der Waals surface area contributed by atoms with Gasteiger partial charge in [0.05, 0.1) is 12.3 Å². The van der Waals surface area contributed by atoms with Crippen molar-refractivity contribution in [2.24, 2.45) is 0 Å². The molecule has 0 unspecified atom stereocenters. The summed E-state index contributed by atoms with van der Waals surface area (Å²) in [5.41, 5.74) is 1.85. The van der Waals surface area contributed by atoms with Gasteiger partial charge in [-0.3, -0.25) is 14.9 Å². The number of hydrogen-bond acceptors (Lipinski definition) is 4. The molecule has 3 aromatic carbocycles. The van der Waals surface area contributed by atoms with Crippen molar-refractivity contribution in [2.75, 3.05) is 11.5 Å². The summed E-state index contributed by atoms with van der Waals surface area (Å²) in [6.07, 6.45) is 1.68. The van der Waals surface area contributed by atoms with Gasteiger partial charge in [-0.2, -0.15) is 0 Å². The second kappa shape index (κ2) is 10.5. The number of nitrogens with one attached hydrogen (secondary N) is 1. The van der Waals surface area contributed by atoms with Gasteiger partial charge in [0.2, 0.25) is 0 Å². The summed E-state index contributed by atoms with van der Waals surface area (Å²) in [7, 11) is 0. The zero-order valence-electron chi connectivity index (χ0n) is 18.5. The van der Waals surface area contributed by atoms with Crippen LogP contribution in [-0.4, -0.2) is 24.5 Å². The molecule has 0 saturated carbocycles. The lowest BCUT2D eigenvalue weighted by atomic mass is 10.00. The number of nitrogens with zero attached hydrogens (tertiary/aromatic N) is 1. The number of urea groups is 1. The predicted octanol–water partition coefficient (Wildman–Crippen LogP) is 6.01. The SMILES string of the molecule is CCOc1cc(/C=C2\C(=O)NC(=O)N(c3ccc(Br)cc3)C2=O)cc(Br)c1Cc1ccccc1F. The number of ether oxygens (including phenoxy) is 1. The Hall–Kier alpha value is -3.30. The molecule has 6 nitrogen and oxygen atoms in total. The number of halogens is 3. The summed E-state index contributed by atoms with van der Waals surface area (Å²) in [6.45, 7) is 2.19. The summed E-state index contributed by atoms with van der Waals surface area (Å²) < 4.78 is 21.5. The Morgan fingerprint density at radius 1 is 1.03 bits per heavy atom. The normalized spacial score (nSPS) is 14.9. The van der Waals surface area contributed by atoms with E-state index in [0.29, 0.717) is 33.6 Å². The number of benzene rings is 3. The number of carbonyl (C=O) groups is 3. The first kappa shape index (κ1) is 24.8. The molecule has 0 atom stereocenters. The van der Waals surface area contributed by atoms with E-state index in [-0.39, 0.29) is 17.8 Å². The number of amides is 4. The van der Waals surface area contributed by atoms with E-state index in [9.17, 15) is 18.8 Å². The van der Waals surface area contributed by atoms with Crippen LogP contribution in [0, 0.1) is 5.82 Å². The number of carbonyl (C=O) groups excluding carboxylic acids is 3. The second-order valence-electron chi connectivity index (χ2n) is 7.61. The lowest BCUT2D eigenvalue weighted by molar-refractivity contribution is -0.122. The van der Waals surface area contributed by atoms with Crippen molar-refractivity contribution in [3.05, 3.63) is 97.7 Å². The third kappa shape index (κ3) is 5.36. The number of barbiturate groups is 1. The fourth-order valence-electron chi connectivity index (χ4n) is 3.65. The maximum Gasteiger partial charge on any atom is 0.335 e. The molecule has 1 N–H and O–H groups in total. The van der Waals surface area contributed by atoms with Crippen molar-refractivity contribution in [2.45, 2.75) is 13.3 Å². The molecule has 0 bridgehead atoms. The molecular formula is C26H19Br2FN2O4. The predicted molar refractivity (Wildman–Crippen MR) is 138 cm³/mol. The fourth-order valence-corrected chi connectivity index (χ4v) is 4.52. The average Bonchev–Trinajstić information content (AvgIpc) is 2.81. The highest BCUT2D eigenvalue weighted by atomic mass is 79.9. The monoisotopic (exact) mass is 600 g/mol. The van der Waals surface area contributed by atoms with E-state index >= 15 is 0 Å². The highest BCUT2D eigenvalue weighted by Crippen LogP contribution is 2.33. The highest BCUT2D eigenvalue weighted by Gasteiger charge is 2.36. The Kier molecular flexibility index (Phi) is 7.47. The van der Waals surface area contributed by atoms with Gasteiger partial charge < -0.3 is 4.74 Å². The first-order valence-corrected chi connectivity index (χ1v) is 12.2. The Morgan fingerprint density at radius 3 is 2.43 bits per heavy atom. The van der Waals surface area contributed by atoms with Crippen molar-refractivity contribution in [3.63, 3.8) is 0 Å². The van der Waals surface area contributed by atoms with Crippen LogP contribution in [0.5, 0.6) is 5.75 Å². The minimum atomic E-state index is -0.823. The van der Waals surface area contributed by atoms with Crippen LogP contribution in [0.3, 0.4) is 0 Å². The standard InChI is InChI=1S/C26H19Br2FN2O4/c1-2-35-23-13-15(12-21(28)19(23)14-16-5-3-4-6-22(16)29)11-20-24(32)30-26(34)31(25(20)33)18-9-7-17(27)8-10-18/h3-13H,2,14H2,1H3,(H,30,32,34)/b20-11+. The largest absolute Gasteiger partial charge is 0.494 e. The maximum absolute atomic E-state index is 14.2. The van der Waals surface area contributed by atoms with E-state index in [4.69, 9.17) is 4.74 Å². The number of anilines is 1. The lowest BCUT2D eigenvalue weighted by Crippen LogP contribution is -2.54. The van der Waals surface area contributed by atoms with E-state index < -0.39 is 17.8 Å². The topological polar surface area (TPSA) is 75.7 Å². The molecule has 1 saturated heterocycles. The van der Waals surface area contributed by atoms with Gasteiger partial charge in [0.1, 0.15) is 17.1 Å². The molecule has 1 aliphatic heterocycles. The van der Waals surface area contributed by atoms with Gasteiger partial charge in [-0.15, -0.1) is 0 Å². The molecule has 1 fully saturated rings. The van der Waals surface area contributed by atoms with Gasteiger partial charge in [0.25, 0.3) is 11.8 Å². The minimum Gasteiger partial charge on any atom is -0.494 e. The zero-order valence-corrected chi connectivity index (χ0v) is 21.7. The summed E-state index contributed by atoms with van der Waals surface area (Å²) in [5, 5.41) is 2.21. The van der Waals surface area contributed by atoms with Crippen molar-refractivity contribution in [3.8, 4) is 5.75 Å². The fraction of sp³-hybridized carbons (Fsp3) is 0.115. The summed E-state index contributed by atoms with van der Waals surface area (Å²) >= 11 is 6.84. The smallest absolute Gasteiger partial charge is 0.335 e. The number of rotatable bonds is 6. The maximum atomic E-state index is 14.2. The molecule has 4 amide bonds. The molecule has 0 spiro atoms. The number of hydrogen-bond donors (Lipinski definition) is 1. The van der Waals surface area contributed by atoms with Crippen LogP contribution in [0.2, 0.25) is 0 Å². The number of imide groups is 2. The molecule has 1 heterocycles. The molecule has 1 aliphatic rings. The van der Waals surface area contributed by atoms with Crippen LogP contribution in [-0.2, 0) is 16.0 Å². The Morgan fingerprint density at radius 2 is 1.74 bits per heavy atom. The first-order chi connectivity index (χ1) is 16.8. The Labute approximate surface area is 218 Å². The third-order valence-corrected chi connectivity index (χ3v) is 6.54. The summed E-state index contributed by atoms with van der Waals surface area (Å²) in [5.74, 6) is -1.37. The Bertz CT molecular complexity index is 1360. The highest BCUT2D eigenvalue weighted by molar-refractivity contribution is 9.10. The second-order valence-corrected chi connectivity index (χ2v) is 9.38. The van der Waals surface area contributed by atoms with Crippen LogP contribution >= 0.6 is 31.9 Å². The lowest BCUT2D eigenvalue weighted by Gasteiger charge is -2.26. The molecule has 0 aromatic heterocycles. The molecule has 3 aromatic rings. The van der Waals surface area contributed by atoms with Crippen LogP contribution in [0.4, 0.5) is 14.9 Å². The van der Waals surface area contributed by atoms with Crippen molar-refractivity contribution in [1.82, 2.24) is 5.32 Å². The molecule has 178 valence electrons. The molecule has 9 heteroatoms. The van der Waals surface area contributed by atoms with Gasteiger partial charge >= 0.3 is 6.03 Å². The van der Waals surface area contributed by atoms with E-state index in [2.05, 4.69) is 37.2 Å². The van der Waals surface area contributed by atoms with Gasteiger partial charge in [0.15, 0.2) is 0 Å². The van der Waals surface area contributed by atoms with E-state index in [1.54, 1.807) is 54.6 Å². The van der Waals surface area contributed by atoms with Crippen LogP contribution < -0.4 is 15.0 Å². The molecule has 0 radical (unpaired) electrons. The van der Waals surface area contributed by atoms with E-state index in [1.807, 2.05) is 6.92 Å². The zero-order chi connectivity index (χ0) is 25.1. The van der Waals surface area contributed by atoms with Crippen molar-refractivity contribution in [1.29, 1.82) is 0 Å². The van der Waals surface area contributed by atoms with Crippen molar-refractivity contribution < 1.29 is 23.5 Å². The summed E-state index contributed by atoms with van der Waals surface area (Å²) in [4.78, 5) is 39.0. The van der Waals surface area contributed by atoms with Gasteiger partial charge in [-0.1, -0.05) is 50.1 Å². The minimum absolute atomic E-state index is 0.205. The average molecular weight is 602 g/mol. The van der Waals surface area contributed by atoms with E-state index in [1.165, 1.54) is 12.1 Å². The van der Waals surface area contributed by atoms with Gasteiger partial charge in [-0.05, 0) is 66.6 Å². The van der Waals surface area contributed by atoms with Crippen LogP contribution in [0.25, 0.3) is 6.08 Å². The van der Waals surface area contributed by atoms with Crippen LogP contribution in [0.15, 0.2) is 75.2 Å². The van der Waals surface area contributed by atoms with Crippen molar-refractivity contribution >= 4 is 61.5 Å².